The minimum Gasteiger partial charge on any atom is -0.396 e. The first-order valence-electron chi connectivity index (χ1n) is 8.35. The fourth-order valence-electron chi connectivity index (χ4n) is 3.59. The van der Waals surface area contributed by atoms with Crippen molar-refractivity contribution in [3.63, 3.8) is 0 Å². The molecular weight excluding hydrogens is 306 g/mol. The third-order valence-electron chi connectivity index (χ3n) is 5.30. The van der Waals surface area contributed by atoms with Gasteiger partial charge in [-0.1, -0.05) is 13.3 Å². The molecule has 6 heteroatoms. The number of nitriles is 1. The van der Waals surface area contributed by atoms with Gasteiger partial charge in [-0.2, -0.15) is 5.26 Å². The lowest BCUT2D eigenvalue weighted by atomic mass is 9.85. The molecule has 0 aromatic carbocycles. The van der Waals surface area contributed by atoms with Crippen LogP contribution in [0.5, 0.6) is 0 Å². The van der Waals surface area contributed by atoms with Gasteiger partial charge in [0.2, 0.25) is 5.91 Å². The van der Waals surface area contributed by atoms with Crippen molar-refractivity contribution in [3.05, 3.63) is 32.7 Å². The van der Waals surface area contributed by atoms with Gasteiger partial charge >= 0.3 is 0 Å². The summed E-state index contributed by atoms with van der Waals surface area (Å²) in [6, 6.07) is 1.93. The fraction of sp³-hybridized carbons (Fsp3) is 0.611. The van der Waals surface area contributed by atoms with Crippen LogP contribution in [-0.4, -0.2) is 28.6 Å². The Labute approximate surface area is 141 Å². The van der Waals surface area contributed by atoms with Crippen molar-refractivity contribution in [2.24, 2.45) is 5.41 Å². The number of nitrogens with zero attached hydrogens (tertiary/aromatic N) is 1. The number of aryl methyl sites for hydroxylation is 1. The number of amides is 1. The molecule has 2 rings (SSSR count). The van der Waals surface area contributed by atoms with Gasteiger partial charge < -0.3 is 15.4 Å². The standard InChI is InChI=1S/C18H25N3O3/c1-11-13(12(2)20-17(24)14(11)9-19)6-7-16(23)21-15-5-4-8-18(15,3)10-22/h15,22H,4-8,10H2,1-3H3,(H,20,24)(H,21,23). The highest BCUT2D eigenvalue weighted by atomic mass is 16.3. The number of aromatic nitrogens is 1. The molecule has 1 aliphatic carbocycles. The largest absolute Gasteiger partial charge is 0.396 e. The zero-order valence-electron chi connectivity index (χ0n) is 14.5. The lowest BCUT2D eigenvalue weighted by Crippen LogP contribution is -2.44. The zero-order valence-corrected chi connectivity index (χ0v) is 14.5. The highest BCUT2D eigenvalue weighted by Crippen LogP contribution is 2.37. The number of H-pyrrole nitrogens is 1. The van der Waals surface area contributed by atoms with Crippen LogP contribution >= 0.6 is 0 Å². The van der Waals surface area contributed by atoms with Crippen molar-refractivity contribution < 1.29 is 9.90 Å². The average molecular weight is 331 g/mol. The fourth-order valence-corrected chi connectivity index (χ4v) is 3.59. The van der Waals surface area contributed by atoms with Crippen LogP contribution in [0.2, 0.25) is 0 Å². The molecule has 0 spiro atoms. The summed E-state index contributed by atoms with van der Waals surface area (Å²) in [5.74, 6) is -0.0647. The summed E-state index contributed by atoms with van der Waals surface area (Å²) in [5.41, 5.74) is 1.67. The Kier molecular flexibility index (Phi) is 5.45. The minimum absolute atomic E-state index is 0.00226. The lowest BCUT2D eigenvalue weighted by Gasteiger charge is -2.30. The highest BCUT2D eigenvalue weighted by molar-refractivity contribution is 5.76. The minimum atomic E-state index is -0.384. The second kappa shape index (κ2) is 7.18. The first kappa shape index (κ1) is 18.2. The van der Waals surface area contributed by atoms with Gasteiger partial charge in [0.25, 0.3) is 5.56 Å². The number of rotatable bonds is 5. The summed E-state index contributed by atoms with van der Waals surface area (Å²) in [4.78, 5) is 26.7. The molecule has 1 saturated carbocycles. The van der Waals surface area contributed by atoms with Crippen molar-refractivity contribution >= 4 is 5.91 Å². The molecule has 0 bridgehead atoms. The van der Waals surface area contributed by atoms with Crippen molar-refractivity contribution in [2.75, 3.05) is 6.61 Å². The number of hydrogen-bond donors (Lipinski definition) is 3. The molecule has 1 heterocycles. The third-order valence-corrected chi connectivity index (χ3v) is 5.30. The lowest BCUT2D eigenvalue weighted by molar-refractivity contribution is -0.122. The van der Waals surface area contributed by atoms with E-state index in [0.29, 0.717) is 17.7 Å². The van der Waals surface area contributed by atoms with E-state index in [1.54, 1.807) is 13.8 Å². The van der Waals surface area contributed by atoms with Crippen LogP contribution < -0.4 is 10.9 Å². The van der Waals surface area contributed by atoms with Crippen LogP contribution in [0.3, 0.4) is 0 Å². The van der Waals surface area contributed by atoms with E-state index in [-0.39, 0.29) is 41.5 Å². The molecule has 130 valence electrons. The number of aliphatic hydroxyl groups excluding tert-OH is 1. The van der Waals surface area contributed by atoms with Crippen molar-refractivity contribution in [2.45, 2.75) is 58.9 Å². The van der Waals surface area contributed by atoms with Crippen molar-refractivity contribution in [3.8, 4) is 6.07 Å². The molecule has 3 N–H and O–H groups in total. The van der Waals surface area contributed by atoms with Crippen LogP contribution in [0.15, 0.2) is 4.79 Å². The van der Waals surface area contributed by atoms with Crippen LogP contribution in [0.4, 0.5) is 0 Å². The van der Waals surface area contributed by atoms with Crippen molar-refractivity contribution in [1.82, 2.24) is 10.3 Å². The predicted octanol–water partition coefficient (Wildman–Crippen LogP) is 1.46. The van der Waals surface area contributed by atoms with Gasteiger partial charge in [-0.15, -0.1) is 0 Å². The van der Waals surface area contributed by atoms with E-state index < -0.39 is 0 Å². The Morgan fingerprint density at radius 2 is 2.21 bits per heavy atom. The van der Waals surface area contributed by atoms with E-state index >= 15 is 0 Å². The molecule has 1 amide bonds. The molecule has 0 aliphatic heterocycles. The Hall–Kier alpha value is -2.13. The van der Waals surface area contributed by atoms with Crippen molar-refractivity contribution in [1.29, 1.82) is 5.26 Å². The number of carbonyl (C=O) groups excluding carboxylic acids is 1. The summed E-state index contributed by atoms with van der Waals surface area (Å²) in [6.45, 7) is 5.60. The maximum atomic E-state index is 12.3. The Balaban J connectivity index is 2.05. The quantitative estimate of drug-likeness (QED) is 0.759. The van der Waals surface area contributed by atoms with E-state index in [1.165, 1.54) is 0 Å². The van der Waals surface area contributed by atoms with Gasteiger partial charge in [-0.05, 0) is 44.2 Å². The van der Waals surface area contributed by atoms with Crippen LogP contribution in [0, 0.1) is 30.6 Å². The Morgan fingerprint density at radius 3 is 2.83 bits per heavy atom. The SMILES string of the molecule is Cc1[nH]c(=O)c(C#N)c(C)c1CCC(=O)NC1CCCC1(C)CO. The Bertz CT molecular complexity index is 732. The third kappa shape index (κ3) is 3.51. The summed E-state index contributed by atoms with van der Waals surface area (Å²) >= 11 is 0. The van der Waals surface area contributed by atoms with Gasteiger partial charge in [0.15, 0.2) is 0 Å². The first-order chi connectivity index (χ1) is 11.3. The van der Waals surface area contributed by atoms with Gasteiger partial charge in [0.1, 0.15) is 11.6 Å². The maximum Gasteiger partial charge on any atom is 0.266 e. The second-order valence-electron chi connectivity index (χ2n) is 6.99. The molecule has 2 unspecified atom stereocenters. The molecule has 6 nitrogen and oxygen atoms in total. The topological polar surface area (TPSA) is 106 Å². The van der Waals surface area contributed by atoms with E-state index in [1.807, 2.05) is 13.0 Å². The summed E-state index contributed by atoms with van der Waals surface area (Å²) < 4.78 is 0. The molecule has 1 aromatic rings. The smallest absolute Gasteiger partial charge is 0.266 e. The van der Waals surface area contributed by atoms with E-state index in [9.17, 15) is 14.7 Å². The van der Waals surface area contributed by atoms with E-state index in [4.69, 9.17) is 5.26 Å². The second-order valence-corrected chi connectivity index (χ2v) is 6.99. The Morgan fingerprint density at radius 1 is 1.50 bits per heavy atom. The zero-order chi connectivity index (χ0) is 17.9. The number of hydrogen-bond acceptors (Lipinski definition) is 4. The van der Waals surface area contributed by atoms with Gasteiger partial charge in [-0.3, -0.25) is 9.59 Å². The average Bonchev–Trinajstić information content (AvgIpc) is 2.88. The predicted molar refractivity (Wildman–Crippen MR) is 90.5 cm³/mol. The number of nitrogens with one attached hydrogen (secondary N) is 2. The number of carbonyl (C=O) groups is 1. The van der Waals surface area contributed by atoms with E-state index in [0.717, 1.165) is 24.8 Å². The monoisotopic (exact) mass is 331 g/mol. The van der Waals surface area contributed by atoms with Gasteiger partial charge in [0.05, 0.1) is 6.61 Å². The first-order valence-corrected chi connectivity index (χ1v) is 8.35. The molecule has 1 aromatic heterocycles. The maximum absolute atomic E-state index is 12.3. The molecule has 2 atom stereocenters. The molecule has 24 heavy (non-hydrogen) atoms. The molecule has 1 fully saturated rings. The molecule has 1 aliphatic rings. The summed E-state index contributed by atoms with van der Waals surface area (Å²) in [7, 11) is 0. The number of aromatic amines is 1. The van der Waals surface area contributed by atoms with Gasteiger partial charge in [-0.25, -0.2) is 0 Å². The molecule has 0 radical (unpaired) electrons. The normalized spacial score (nSPS) is 23.0. The molecular formula is C18H25N3O3. The van der Waals surface area contributed by atoms with Crippen LogP contribution in [-0.2, 0) is 11.2 Å². The molecule has 0 saturated heterocycles. The number of aliphatic hydroxyl groups is 1. The summed E-state index contributed by atoms with van der Waals surface area (Å²) in [6.07, 6.45) is 3.57. The van der Waals surface area contributed by atoms with Gasteiger partial charge in [0, 0.05) is 23.6 Å². The van der Waals surface area contributed by atoms with Crippen LogP contribution in [0.1, 0.15) is 55.0 Å². The summed E-state index contributed by atoms with van der Waals surface area (Å²) in [5, 5.41) is 21.7. The highest BCUT2D eigenvalue weighted by Gasteiger charge is 2.38. The van der Waals surface area contributed by atoms with E-state index in [2.05, 4.69) is 10.3 Å². The van der Waals surface area contributed by atoms with Crippen LogP contribution in [0.25, 0.3) is 0 Å². The number of pyridine rings is 1.